The van der Waals surface area contributed by atoms with Gasteiger partial charge in [-0.25, -0.2) is 0 Å². The van der Waals surface area contributed by atoms with Crippen molar-refractivity contribution in [2.24, 2.45) is 0 Å². The number of aryl methyl sites for hydroxylation is 2. The minimum Gasteiger partial charge on any atom is -0.388 e. The van der Waals surface area contributed by atoms with Crippen LogP contribution in [0.1, 0.15) is 42.4 Å². The molecule has 2 N–H and O–H groups in total. The molecule has 19 heavy (non-hydrogen) atoms. The van der Waals surface area contributed by atoms with E-state index < -0.39 is 5.60 Å². The molecule has 0 radical (unpaired) electrons. The van der Waals surface area contributed by atoms with Gasteiger partial charge in [0.25, 0.3) is 0 Å². The second kappa shape index (κ2) is 4.97. The van der Waals surface area contributed by atoms with Gasteiger partial charge in [0.05, 0.1) is 12.0 Å². The van der Waals surface area contributed by atoms with Crippen LogP contribution >= 0.6 is 0 Å². The summed E-state index contributed by atoms with van der Waals surface area (Å²) in [7, 11) is 0. The number of benzene rings is 1. The number of carbonyl (C=O) groups excluding carboxylic acids is 1. The lowest BCUT2D eigenvalue weighted by molar-refractivity contribution is -0.122. The summed E-state index contributed by atoms with van der Waals surface area (Å²) < 4.78 is 0. The van der Waals surface area contributed by atoms with Crippen molar-refractivity contribution in [2.45, 2.75) is 50.5 Å². The van der Waals surface area contributed by atoms with Crippen molar-refractivity contribution in [3.8, 4) is 0 Å². The van der Waals surface area contributed by atoms with Gasteiger partial charge in [-0.15, -0.1) is 0 Å². The van der Waals surface area contributed by atoms with Gasteiger partial charge in [-0.05, 0) is 55.2 Å². The molecule has 0 aromatic heterocycles. The van der Waals surface area contributed by atoms with Gasteiger partial charge in [0.1, 0.15) is 0 Å². The molecule has 1 aromatic rings. The topological polar surface area (TPSA) is 49.3 Å². The number of aliphatic hydroxyl groups is 1. The predicted octanol–water partition coefficient (Wildman–Crippen LogP) is 1.75. The van der Waals surface area contributed by atoms with E-state index in [0.29, 0.717) is 13.0 Å². The SMILES string of the molecule is O=C(Cc1ccc2c(c1)CCC2)NCC1(O)CCC1. The molecule has 1 aromatic carbocycles. The summed E-state index contributed by atoms with van der Waals surface area (Å²) in [5.41, 5.74) is 3.29. The van der Waals surface area contributed by atoms with Gasteiger partial charge in [0, 0.05) is 6.54 Å². The third-order valence-electron chi connectivity index (χ3n) is 4.43. The molecule has 0 saturated heterocycles. The Morgan fingerprint density at radius 1 is 1.21 bits per heavy atom. The first kappa shape index (κ1) is 12.7. The minimum atomic E-state index is -0.631. The van der Waals surface area contributed by atoms with Gasteiger partial charge in [-0.2, -0.15) is 0 Å². The van der Waals surface area contributed by atoms with Gasteiger partial charge in [-0.1, -0.05) is 18.2 Å². The van der Waals surface area contributed by atoms with E-state index in [1.165, 1.54) is 24.0 Å². The van der Waals surface area contributed by atoms with Crippen LogP contribution in [0.25, 0.3) is 0 Å². The van der Waals surface area contributed by atoms with E-state index >= 15 is 0 Å². The van der Waals surface area contributed by atoms with Gasteiger partial charge in [0.15, 0.2) is 0 Å². The van der Waals surface area contributed by atoms with E-state index in [1.807, 2.05) is 0 Å². The maximum atomic E-state index is 11.9. The van der Waals surface area contributed by atoms with Crippen molar-refractivity contribution in [1.29, 1.82) is 0 Å². The quantitative estimate of drug-likeness (QED) is 0.865. The van der Waals surface area contributed by atoms with Crippen molar-refractivity contribution in [3.63, 3.8) is 0 Å². The number of amides is 1. The summed E-state index contributed by atoms with van der Waals surface area (Å²) in [6.07, 6.45) is 6.66. The van der Waals surface area contributed by atoms with Crippen molar-refractivity contribution < 1.29 is 9.90 Å². The highest BCUT2D eigenvalue weighted by Crippen LogP contribution is 2.30. The molecule has 0 bridgehead atoms. The summed E-state index contributed by atoms with van der Waals surface area (Å²) in [5, 5.41) is 12.8. The summed E-state index contributed by atoms with van der Waals surface area (Å²) in [6.45, 7) is 0.400. The number of fused-ring (bicyclic) bond motifs is 1. The third-order valence-corrected chi connectivity index (χ3v) is 4.43. The number of carbonyl (C=O) groups is 1. The summed E-state index contributed by atoms with van der Waals surface area (Å²) in [4.78, 5) is 11.9. The lowest BCUT2D eigenvalue weighted by Crippen LogP contribution is -2.48. The maximum absolute atomic E-state index is 11.9. The van der Waals surface area contributed by atoms with Crippen LogP contribution in [-0.2, 0) is 24.1 Å². The second-order valence-electron chi connectivity index (χ2n) is 5.99. The van der Waals surface area contributed by atoms with Crippen LogP contribution in [0.2, 0.25) is 0 Å². The number of nitrogens with one attached hydrogen (secondary N) is 1. The van der Waals surface area contributed by atoms with E-state index in [4.69, 9.17) is 0 Å². The molecule has 102 valence electrons. The average molecular weight is 259 g/mol. The Balaban J connectivity index is 1.54. The average Bonchev–Trinajstić information content (AvgIpc) is 2.81. The first-order chi connectivity index (χ1) is 9.15. The van der Waals surface area contributed by atoms with Crippen molar-refractivity contribution in [2.75, 3.05) is 6.54 Å². The van der Waals surface area contributed by atoms with Crippen molar-refractivity contribution in [3.05, 3.63) is 34.9 Å². The molecule has 1 fully saturated rings. The van der Waals surface area contributed by atoms with E-state index in [2.05, 4.69) is 23.5 Å². The van der Waals surface area contributed by atoms with Crippen molar-refractivity contribution in [1.82, 2.24) is 5.32 Å². The maximum Gasteiger partial charge on any atom is 0.224 e. The van der Waals surface area contributed by atoms with Gasteiger partial charge in [-0.3, -0.25) is 4.79 Å². The molecule has 0 spiro atoms. The van der Waals surface area contributed by atoms with Gasteiger partial charge < -0.3 is 10.4 Å². The molecule has 0 aliphatic heterocycles. The molecule has 0 atom stereocenters. The number of hydrogen-bond donors (Lipinski definition) is 2. The highest BCUT2D eigenvalue weighted by atomic mass is 16.3. The van der Waals surface area contributed by atoms with E-state index in [0.717, 1.165) is 31.2 Å². The molecule has 3 heteroatoms. The number of rotatable bonds is 4. The lowest BCUT2D eigenvalue weighted by atomic mass is 9.80. The van der Waals surface area contributed by atoms with Crippen LogP contribution in [-0.4, -0.2) is 23.2 Å². The Labute approximate surface area is 114 Å². The fraction of sp³-hybridized carbons (Fsp3) is 0.562. The Kier molecular flexibility index (Phi) is 3.31. The Morgan fingerprint density at radius 3 is 2.74 bits per heavy atom. The molecule has 3 rings (SSSR count). The Bertz CT molecular complexity index is 492. The largest absolute Gasteiger partial charge is 0.388 e. The molecule has 2 aliphatic carbocycles. The molecule has 1 saturated carbocycles. The monoisotopic (exact) mass is 259 g/mol. The second-order valence-corrected chi connectivity index (χ2v) is 5.99. The highest BCUT2D eigenvalue weighted by molar-refractivity contribution is 5.78. The van der Waals surface area contributed by atoms with Crippen LogP contribution in [0.4, 0.5) is 0 Å². The van der Waals surface area contributed by atoms with Crippen LogP contribution < -0.4 is 5.32 Å². The van der Waals surface area contributed by atoms with Crippen LogP contribution in [0.5, 0.6) is 0 Å². The molecular formula is C16H21NO2. The normalized spacial score (nSPS) is 19.6. The molecule has 1 amide bonds. The first-order valence-corrected chi connectivity index (χ1v) is 7.24. The van der Waals surface area contributed by atoms with Gasteiger partial charge in [0.2, 0.25) is 5.91 Å². The van der Waals surface area contributed by atoms with E-state index in [1.54, 1.807) is 0 Å². The molecule has 0 unspecified atom stereocenters. The molecule has 2 aliphatic rings. The summed E-state index contributed by atoms with van der Waals surface area (Å²) in [6, 6.07) is 6.38. The number of hydrogen-bond acceptors (Lipinski definition) is 2. The van der Waals surface area contributed by atoms with Crippen molar-refractivity contribution >= 4 is 5.91 Å². The fourth-order valence-electron chi connectivity index (χ4n) is 3.01. The summed E-state index contributed by atoms with van der Waals surface area (Å²) in [5.74, 6) is 0.0123. The van der Waals surface area contributed by atoms with E-state index in [9.17, 15) is 9.90 Å². The van der Waals surface area contributed by atoms with Crippen LogP contribution in [0.3, 0.4) is 0 Å². The fourth-order valence-corrected chi connectivity index (χ4v) is 3.01. The lowest BCUT2D eigenvalue weighted by Gasteiger charge is -2.36. The Hall–Kier alpha value is -1.35. The van der Waals surface area contributed by atoms with E-state index in [-0.39, 0.29) is 5.91 Å². The highest BCUT2D eigenvalue weighted by Gasteiger charge is 2.34. The predicted molar refractivity (Wildman–Crippen MR) is 74.0 cm³/mol. The van der Waals surface area contributed by atoms with Crippen LogP contribution in [0.15, 0.2) is 18.2 Å². The standard InChI is InChI=1S/C16H21NO2/c18-15(17-11-16(19)7-2-8-16)10-12-5-6-13-3-1-4-14(13)9-12/h5-6,9,19H,1-4,7-8,10-11H2,(H,17,18). The van der Waals surface area contributed by atoms with Crippen LogP contribution in [0, 0.1) is 0 Å². The van der Waals surface area contributed by atoms with Gasteiger partial charge >= 0.3 is 0 Å². The molecular weight excluding hydrogens is 238 g/mol. The smallest absolute Gasteiger partial charge is 0.224 e. The first-order valence-electron chi connectivity index (χ1n) is 7.24. The zero-order valence-electron chi connectivity index (χ0n) is 11.2. The summed E-state index contributed by atoms with van der Waals surface area (Å²) >= 11 is 0. The zero-order valence-corrected chi connectivity index (χ0v) is 11.2. The molecule has 3 nitrogen and oxygen atoms in total. The minimum absolute atomic E-state index is 0.0123. The zero-order chi connectivity index (χ0) is 13.3. The third kappa shape index (κ3) is 2.81. The molecule has 0 heterocycles. The Morgan fingerprint density at radius 2 is 2.00 bits per heavy atom.